The van der Waals surface area contributed by atoms with E-state index in [1.807, 2.05) is 6.92 Å². The van der Waals surface area contributed by atoms with Crippen molar-refractivity contribution in [2.24, 2.45) is 0 Å². The van der Waals surface area contributed by atoms with Crippen molar-refractivity contribution in [3.63, 3.8) is 0 Å². The molecule has 100 valence electrons. The molecule has 7 heteroatoms. The molecule has 0 aliphatic rings. The van der Waals surface area contributed by atoms with E-state index < -0.39 is 17.6 Å². The molecular formula is C11H18N4O3. The number of nitrogens with one attached hydrogen (secondary N) is 1. The van der Waals surface area contributed by atoms with Crippen molar-refractivity contribution in [2.75, 3.05) is 0 Å². The van der Waals surface area contributed by atoms with E-state index in [0.29, 0.717) is 12.8 Å². The monoisotopic (exact) mass is 254 g/mol. The molecule has 0 radical (unpaired) electrons. The van der Waals surface area contributed by atoms with E-state index in [1.165, 1.54) is 24.3 Å². The second-order valence-corrected chi connectivity index (χ2v) is 4.43. The minimum atomic E-state index is -1.25. The second kappa shape index (κ2) is 5.61. The Kier molecular flexibility index (Phi) is 4.41. The summed E-state index contributed by atoms with van der Waals surface area (Å²) in [7, 11) is 0. The van der Waals surface area contributed by atoms with Gasteiger partial charge in [0, 0.05) is 0 Å². The highest BCUT2D eigenvalue weighted by atomic mass is 16.4. The van der Waals surface area contributed by atoms with E-state index in [1.54, 1.807) is 6.92 Å². The van der Waals surface area contributed by atoms with Crippen molar-refractivity contribution in [2.45, 2.75) is 45.2 Å². The quantitative estimate of drug-likeness (QED) is 0.774. The number of carbonyl (C=O) groups excluding carboxylic acids is 1. The van der Waals surface area contributed by atoms with Crippen LogP contribution in [-0.2, 0) is 9.59 Å². The Morgan fingerprint density at radius 2 is 2.22 bits per heavy atom. The van der Waals surface area contributed by atoms with Crippen LogP contribution in [0.15, 0.2) is 12.7 Å². The lowest BCUT2D eigenvalue weighted by Crippen LogP contribution is -2.53. The molecule has 0 bridgehead atoms. The molecule has 2 unspecified atom stereocenters. The molecule has 0 spiro atoms. The lowest BCUT2D eigenvalue weighted by atomic mass is 9.96. The van der Waals surface area contributed by atoms with Crippen molar-refractivity contribution >= 4 is 11.9 Å². The van der Waals surface area contributed by atoms with Crippen LogP contribution < -0.4 is 5.32 Å². The number of nitrogens with zero attached hydrogens (tertiary/aromatic N) is 3. The zero-order valence-electron chi connectivity index (χ0n) is 10.8. The van der Waals surface area contributed by atoms with E-state index in [4.69, 9.17) is 0 Å². The van der Waals surface area contributed by atoms with Gasteiger partial charge in [0.2, 0.25) is 5.91 Å². The fraction of sp³-hybridized carbons (Fsp3) is 0.636. The number of hydrogen-bond acceptors (Lipinski definition) is 4. The number of aliphatic carboxylic acids is 1. The normalized spacial score (nSPS) is 15.7. The average molecular weight is 254 g/mol. The van der Waals surface area contributed by atoms with Crippen molar-refractivity contribution in [3.8, 4) is 0 Å². The second-order valence-electron chi connectivity index (χ2n) is 4.43. The van der Waals surface area contributed by atoms with Crippen molar-refractivity contribution < 1.29 is 14.7 Å². The maximum atomic E-state index is 12.0. The minimum Gasteiger partial charge on any atom is -0.480 e. The number of carboxylic acid groups (broad SMARTS) is 1. The van der Waals surface area contributed by atoms with Gasteiger partial charge in [-0.05, 0) is 20.3 Å². The first-order chi connectivity index (χ1) is 8.40. The molecule has 0 aromatic carbocycles. The lowest BCUT2D eigenvalue weighted by Gasteiger charge is -2.27. The maximum Gasteiger partial charge on any atom is 0.329 e. The highest BCUT2D eigenvalue weighted by Crippen LogP contribution is 2.14. The first kappa shape index (κ1) is 14.1. The predicted octanol–water partition coefficient (Wildman–Crippen LogP) is 0.599. The molecule has 7 nitrogen and oxygen atoms in total. The molecule has 18 heavy (non-hydrogen) atoms. The Balaban J connectivity index is 2.76. The number of amides is 1. The van der Waals surface area contributed by atoms with Gasteiger partial charge in [-0.3, -0.25) is 4.79 Å². The molecular weight excluding hydrogens is 236 g/mol. The van der Waals surface area contributed by atoms with Gasteiger partial charge < -0.3 is 10.4 Å². The third kappa shape index (κ3) is 3.06. The predicted molar refractivity (Wildman–Crippen MR) is 63.8 cm³/mol. The molecule has 0 aliphatic carbocycles. The molecule has 0 aliphatic heterocycles. The molecule has 2 atom stereocenters. The molecule has 2 N–H and O–H groups in total. The summed E-state index contributed by atoms with van der Waals surface area (Å²) in [5.41, 5.74) is -1.25. The summed E-state index contributed by atoms with van der Waals surface area (Å²) in [6.45, 7) is 5.01. The summed E-state index contributed by atoms with van der Waals surface area (Å²) in [5, 5.41) is 15.6. The van der Waals surface area contributed by atoms with Gasteiger partial charge >= 0.3 is 5.97 Å². The fourth-order valence-corrected chi connectivity index (χ4v) is 1.64. The zero-order chi connectivity index (χ0) is 13.8. The largest absolute Gasteiger partial charge is 0.480 e. The summed E-state index contributed by atoms with van der Waals surface area (Å²) in [6, 6.07) is -0.594. The number of hydrogen-bond donors (Lipinski definition) is 2. The number of rotatable bonds is 6. The van der Waals surface area contributed by atoms with Crippen LogP contribution in [0.3, 0.4) is 0 Å². The van der Waals surface area contributed by atoms with Crippen molar-refractivity contribution in [1.29, 1.82) is 0 Å². The van der Waals surface area contributed by atoms with Crippen LogP contribution in [0.25, 0.3) is 0 Å². The van der Waals surface area contributed by atoms with E-state index in [2.05, 4.69) is 15.4 Å². The van der Waals surface area contributed by atoms with Crippen molar-refractivity contribution in [3.05, 3.63) is 12.7 Å². The molecule has 1 heterocycles. The molecule has 0 fully saturated rings. The Hall–Kier alpha value is -1.92. The smallest absolute Gasteiger partial charge is 0.329 e. The first-order valence-corrected chi connectivity index (χ1v) is 5.80. The standard InChI is InChI=1S/C11H18N4O3/c1-4-5-11(3,10(17)18)14-9(16)8(2)15-7-12-6-13-15/h6-8H,4-5H2,1-3H3,(H,14,16)(H,17,18). The van der Waals surface area contributed by atoms with E-state index in [9.17, 15) is 14.7 Å². The van der Waals surface area contributed by atoms with Gasteiger partial charge in [-0.25, -0.2) is 14.5 Å². The number of carboxylic acids is 1. The summed E-state index contributed by atoms with van der Waals surface area (Å²) < 4.78 is 1.38. The summed E-state index contributed by atoms with van der Waals surface area (Å²) in [5.74, 6) is -1.43. The third-order valence-corrected chi connectivity index (χ3v) is 2.83. The van der Waals surface area contributed by atoms with Crippen LogP contribution in [0.1, 0.15) is 39.7 Å². The molecule has 1 rings (SSSR count). The summed E-state index contributed by atoms with van der Waals surface area (Å²) >= 11 is 0. The van der Waals surface area contributed by atoms with Crippen molar-refractivity contribution in [1.82, 2.24) is 20.1 Å². The topological polar surface area (TPSA) is 97.1 Å². The Morgan fingerprint density at radius 1 is 1.56 bits per heavy atom. The van der Waals surface area contributed by atoms with Crippen LogP contribution in [0.2, 0.25) is 0 Å². The summed E-state index contributed by atoms with van der Waals surface area (Å²) in [4.78, 5) is 26.9. The molecule has 0 saturated carbocycles. The van der Waals surface area contributed by atoms with Crippen LogP contribution in [0.5, 0.6) is 0 Å². The molecule has 1 aromatic heterocycles. The SMILES string of the molecule is CCCC(C)(NC(=O)C(C)n1cncn1)C(=O)O. The maximum absolute atomic E-state index is 12.0. The van der Waals surface area contributed by atoms with Crippen LogP contribution in [-0.4, -0.2) is 37.3 Å². The van der Waals surface area contributed by atoms with Gasteiger partial charge in [-0.1, -0.05) is 13.3 Å². The van der Waals surface area contributed by atoms with E-state index in [-0.39, 0.29) is 5.91 Å². The minimum absolute atomic E-state index is 0.373. The third-order valence-electron chi connectivity index (χ3n) is 2.83. The average Bonchev–Trinajstić information content (AvgIpc) is 2.81. The van der Waals surface area contributed by atoms with Gasteiger partial charge in [-0.2, -0.15) is 5.10 Å². The zero-order valence-corrected chi connectivity index (χ0v) is 10.8. The highest BCUT2D eigenvalue weighted by molar-refractivity contribution is 5.88. The van der Waals surface area contributed by atoms with E-state index >= 15 is 0 Å². The number of aromatic nitrogens is 3. The van der Waals surface area contributed by atoms with E-state index in [0.717, 1.165) is 0 Å². The summed E-state index contributed by atoms with van der Waals surface area (Å²) in [6.07, 6.45) is 3.79. The van der Waals surface area contributed by atoms with Gasteiger partial charge in [0.05, 0.1) is 0 Å². The Morgan fingerprint density at radius 3 is 2.67 bits per heavy atom. The first-order valence-electron chi connectivity index (χ1n) is 5.80. The molecule has 1 aromatic rings. The van der Waals surface area contributed by atoms with Gasteiger partial charge in [0.25, 0.3) is 0 Å². The molecule has 1 amide bonds. The number of carbonyl (C=O) groups is 2. The fourth-order valence-electron chi connectivity index (χ4n) is 1.64. The Bertz CT molecular complexity index is 418. The Labute approximate surface area is 105 Å². The van der Waals surface area contributed by atoms with Gasteiger partial charge in [0.1, 0.15) is 24.2 Å². The van der Waals surface area contributed by atoms with Gasteiger partial charge in [0.15, 0.2) is 0 Å². The van der Waals surface area contributed by atoms with Crippen LogP contribution >= 0.6 is 0 Å². The highest BCUT2D eigenvalue weighted by Gasteiger charge is 2.35. The molecule has 0 saturated heterocycles. The van der Waals surface area contributed by atoms with Crippen LogP contribution in [0.4, 0.5) is 0 Å². The lowest BCUT2D eigenvalue weighted by molar-refractivity contribution is -0.147. The van der Waals surface area contributed by atoms with Crippen LogP contribution in [0, 0.1) is 0 Å². The van der Waals surface area contributed by atoms with Gasteiger partial charge in [-0.15, -0.1) is 0 Å².